The van der Waals surface area contributed by atoms with E-state index in [1.54, 1.807) is 0 Å². The van der Waals surface area contributed by atoms with E-state index < -0.39 is 5.54 Å². The Morgan fingerprint density at radius 2 is 1.71 bits per heavy atom. The predicted octanol–water partition coefficient (Wildman–Crippen LogP) is 2.11. The van der Waals surface area contributed by atoms with Gasteiger partial charge in [0.05, 0.1) is 5.54 Å². The molecule has 1 aliphatic heterocycles. The van der Waals surface area contributed by atoms with E-state index in [-0.39, 0.29) is 36.8 Å². The van der Waals surface area contributed by atoms with Crippen LogP contribution in [0.25, 0.3) is 0 Å². The van der Waals surface area contributed by atoms with Gasteiger partial charge in [-0.3, -0.25) is 4.79 Å². The van der Waals surface area contributed by atoms with Crippen molar-refractivity contribution in [3.8, 4) is 0 Å². The van der Waals surface area contributed by atoms with Crippen LogP contribution in [0.15, 0.2) is 30.3 Å². The van der Waals surface area contributed by atoms with E-state index in [0.29, 0.717) is 0 Å². The quantitative estimate of drug-likeness (QED) is 0.891. The molecule has 3 N–H and O–H groups in total. The monoisotopic (exact) mass is 331 g/mol. The lowest BCUT2D eigenvalue weighted by molar-refractivity contribution is -0.124. The summed E-state index contributed by atoms with van der Waals surface area (Å²) < 4.78 is 0. The van der Waals surface area contributed by atoms with Gasteiger partial charge >= 0.3 is 0 Å². The van der Waals surface area contributed by atoms with Crippen LogP contribution in [0.4, 0.5) is 5.69 Å². The topological polar surface area (TPSA) is 58.4 Å². The second kappa shape index (κ2) is 7.34. The summed E-state index contributed by atoms with van der Waals surface area (Å²) in [5, 5.41) is 3.10. The van der Waals surface area contributed by atoms with Crippen molar-refractivity contribution >= 4 is 36.4 Å². The zero-order valence-corrected chi connectivity index (χ0v) is 13.6. The third-order valence-electron chi connectivity index (χ3n) is 4.19. The summed E-state index contributed by atoms with van der Waals surface area (Å²) in [5.41, 5.74) is 6.63. The molecule has 0 radical (unpaired) electrons. The van der Waals surface area contributed by atoms with Crippen molar-refractivity contribution < 1.29 is 4.79 Å². The summed E-state index contributed by atoms with van der Waals surface area (Å²) in [6, 6.07) is 10.7. The Morgan fingerprint density at radius 1 is 1.14 bits per heavy atom. The number of piperidine rings is 1. The molecular weight excluding hydrogens is 309 g/mol. The summed E-state index contributed by atoms with van der Waals surface area (Å²) in [6.07, 6.45) is 3.66. The van der Waals surface area contributed by atoms with Crippen molar-refractivity contribution in [2.45, 2.75) is 37.3 Å². The highest BCUT2D eigenvalue weighted by atomic mass is 35.5. The van der Waals surface area contributed by atoms with Gasteiger partial charge in [0.15, 0.2) is 0 Å². The van der Waals surface area contributed by atoms with Crippen molar-refractivity contribution in [2.24, 2.45) is 5.73 Å². The molecule has 2 aliphatic rings. The molecule has 0 aromatic heterocycles. The van der Waals surface area contributed by atoms with E-state index in [4.69, 9.17) is 5.73 Å². The van der Waals surface area contributed by atoms with Crippen LogP contribution in [0.3, 0.4) is 0 Å². The molecule has 118 valence electrons. The van der Waals surface area contributed by atoms with Crippen LogP contribution >= 0.6 is 24.8 Å². The molecular formula is C15H23Cl2N3O. The normalized spacial score (nSPS) is 20.0. The number of amides is 1. The molecule has 3 rings (SSSR count). The van der Waals surface area contributed by atoms with Crippen molar-refractivity contribution in [1.29, 1.82) is 0 Å². The number of hydrogen-bond donors (Lipinski definition) is 2. The molecule has 1 aromatic carbocycles. The Balaban J connectivity index is 0.00000110. The summed E-state index contributed by atoms with van der Waals surface area (Å²) in [7, 11) is 0. The molecule has 1 heterocycles. The fraction of sp³-hybridized carbons (Fsp3) is 0.533. The summed E-state index contributed by atoms with van der Waals surface area (Å²) in [4.78, 5) is 14.3. The molecule has 0 atom stereocenters. The molecule has 0 unspecified atom stereocenters. The fourth-order valence-corrected chi connectivity index (χ4v) is 2.61. The number of hydrogen-bond acceptors (Lipinski definition) is 3. The minimum Gasteiger partial charge on any atom is -0.371 e. The molecule has 0 spiro atoms. The van der Waals surface area contributed by atoms with Gasteiger partial charge in [0.25, 0.3) is 0 Å². The molecule has 21 heavy (non-hydrogen) atoms. The van der Waals surface area contributed by atoms with E-state index in [9.17, 15) is 4.79 Å². The minimum absolute atomic E-state index is 0. The van der Waals surface area contributed by atoms with Crippen molar-refractivity contribution in [3.05, 3.63) is 30.3 Å². The Labute approximate surface area is 138 Å². The molecule has 1 saturated carbocycles. The third kappa shape index (κ3) is 4.25. The molecule has 0 bridgehead atoms. The number of halogens is 2. The third-order valence-corrected chi connectivity index (χ3v) is 4.19. The molecule has 2 fully saturated rings. The number of para-hydroxylation sites is 1. The second-order valence-electron chi connectivity index (χ2n) is 5.73. The van der Waals surface area contributed by atoms with Crippen LogP contribution in [-0.4, -0.2) is 30.6 Å². The van der Waals surface area contributed by atoms with Gasteiger partial charge in [-0.2, -0.15) is 0 Å². The summed E-state index contributed by atoms with van der Waals surface area (Å²) in [5.74, 6) is 0.0469. The van der Waals surface area contributed by atoms with Gasteiger partial charge in [0.2, 0.25) is 5.91 Å². The van der Waals surface area contributed by atoms with Gasteiger partial charge < -0.3 is 16.0 Å². The predicted molar refractivity (Wildman–Crippen MR) is 90.5 cm³/mol. The number of carbonyl (C=O) groups excluding carboxylic acids is 1. The number of nitrogens with zero attached hydrogens (tertiary/aromatic N) is 1. The van der Waals surface area contributed by atoms with Crippen molar-refractivity contribution in [2.75, 3.05) is 18.0 Å². The number of nitrogens with two attached hydrogens (primary N) is 1. The van der Waals surface area contributed by atoms with Crippen LogP contribution < -0.4 is 16.0 Å². The molecule has 1 saturated heterocycles. The first-order chi connectivity index (χ1) is 9.17. The average molecular weight is 332 g/mol. The SMILES string of the molecule is Cl.Cl.NC1(C(=O)NC2CCN(c3ccccc3)CC2)CC1. The fourth-order valence-electron chi connectivity index (χ4n) is 2.61. The largest absolute Gasteiger partial charge is 0.371 e. The number of benzene rings is 1. The zero-order valence-electron chi connectivity index (χ0n) is 12.0. The van der Waals surface area contributed by atoms with E-state index in [1.807, 2.05) is 6.07 Å². The lowest BCUT2D eigenvalue weighted by Gasteiger charge is -2.34. The standard InChI is InChI=1S/C15H21N3O.2ClH/c16-15(8-9-15)14(19)17-12-6-10-18(11-7-12)13-4-2-1-3-5-13;;/h1-5,12H,6-11,16H2,(H,17,19);2*1H. The van der Waals surface area contributed by atoms with Gasteiger partial charge in [-0.1, -0.05) is 18.2 Å². The Bertz CT molecular complexity index is 457. The highest BCUT2D eigenvalue weighted by molar-refractivity contribution is 5.89. The van der Waals surface area contributed by atoms with Crippen LogP contribution in [0, 0.1) is 0 Å². The van der Waals surface area contributed by atoms with E-state index >= 15 is 0 Å². The summed E-state index contributed by atoms with van der Waals surface area (Å²) in [6.45, 7) is 1.99. The lowest BCUT2D eigenvalue weighted by atomic mass is 10.0. The lowest BCUT2D eigenvalue weighted by Crippen LogP contribution is -2.50. The van der Waals surface area contributed by atoms with Crippen LogP contribution in [0.2, 0.25) is 0 Å². The van der Waals surface area contributed by atoms with Crippen LogP contribution in [-0.2, 0) is 4.79 Å². The first-order valence-corrected chi connectivity index (χ1v) is 7.07. The maximum Gasteiger partial charge on any atom is 0.240 e. The number of carbonyl (C=O) groups is 1. The smallest absolute Gasteiger partial charge is 0.240 e. The van der Waals surface area contributed by atoms with Crippen LogP contribution in [0.5, 0.6) is 0 Å². The van der Waals surface area contributed by atoms with Gasteiger partial charge in [-0.15, -0.1) is 24.8 Å². The van der Waals surface area contributed by atoms with E-state index in [0.717, 1.165) is 38.8 Å². The molecule has 1 aromatic rings. The van der Waals surface area contributed by atoms with Gasteiger partial charge in [-0.25, -0.2) is 0 Å². The summed E-state index contributed by atoms with van der Waals surface area (Å²) >= 11 is 0. The molecule has 4 nitrogen and oxygen atoms in total. The van der Waals surface area contributed by atoms with E-state index in [2.05, 4.69) is 34.5 Å². The maximum atomic E-state index is 11.9. The number of rotatable bonds is 3. The van der Waals surface area contributed by atoms with Crippen molar-refractivity contribution in [3.63, 3.8) is 0 Å². The minimum atomic E-state index is -0.545. The zero-order chi connectivity index (χ0) is 13.3. The van der Waals surface area contributed by atoms with Crippen LogP contribution in [0.1, 0.15) is 25.7 Å². The second-order valence-corrected chi connectivity index (χ2v) is 5.73. The Hall–Kier alpha value is -0.970. The average Bonchev–Trinajstić information content (AvgIpc) is 3.20. The van der Waals surface area contributed by atoms with E-state index in [1.165, 1.54) is 5.69 Å². The van der Waals surface area contributed by atoms with Gasteiger partial charge in [0.1, 0.15) is 0 Å². The van der Waals surface area contributed by atoms with Gasteiger partial charge in [0, 0.05) is 24.8 Å². The number of anilines is 1. The first-order valence-electron chi connectivity index (χ1n) is 7.07. The Kier molecular flexibility index (Phi) is 6.32. The highest BCUT2D eigenvalue weighted by Crippen LogP contribution is 2.32. The van der Waals surface area contributed by atoms with Gasteiger partial charge in [-0.05, 0) is 37.8 Å². The molecule has 1 amide bonds. The molecule has 6 heteroatoms. The number of nitrogens with one attached hydrogen (secondary N) is 1. The highest BCUT2D eigenvalue weighted by Gasteiger charge is 2.46. The first kappa shape index (κ1) is 18.1. The Morgan fingerprint density at radius 3 is 2.24 bits per heavy atom. The maximum absolute atomic E-state index is 11.9. The molecule has 1 aliphatic carbocycles. The van der Waals surface area contributed by atoms with Crippen molar-refractivity contribution in [1.82, 2.24) is 5.32 Å².